The van der Waals surface area contributed by atoms with E-state index in [9.17, 15) is 0 Å². The van der Waals surface area contributed by atoms with Crippen molar-refractivity contribution in [1.29, 1.82) is 0 Å². The van der Waals surface area contributed by atoms with E-state index in [1.807, 2.05) is 12.4 Å². The van der Waals surface area contributed by atoms with Gasteiger partial charge in [-0.2, -0.15) is 0 Å². The van der Waals surface area contributed by atoms with Crippen LogP contribution in [0.5, 0.6) is 0 Å². The summed E-state index contributed by atoms with van der Waals surface area (Å²) in [7, 11) is 4.58. The van der Waals surface area contributed by atoms with E-state index >= 15 is 0 Å². The third kappa shape index (κ3) is 3.12. The first-order valence-corrected chi connectivity index (χ1v) is 12.8. The van der Waals surface area contributed by atoms with Crippen LogP contribution in [0, 0.1) is 35.0 Å². The first-order valence-electron chi connectivity index (χ1n) is 12.8. The Morgan fingerprint density at radius 1 is 0.935 bits per heavy atom. The summed E-state index contributed by atoms with van der Waals surface area (Å²) in [6.45, 7) is 2.61. The van der Waals surface area contributed by atoms with Gasteiger partial charge in [-0.25, -0.2) is 0 Å². The van der Waals surface area contributed by atoms with Crippen molar-refractivity contribution in [3.8, 4) is 0 Å². The third-order valence-corrected chi connectivity index (χ3v) is 10.2. The molecule has 1 aromatic heterocycles. The molecule has 0 radical (unpaired) electrons. The van der Waals surface area contributed by atoms with E-state index in [0.29, 0.717) is 5.41 Å². The number of nitrogens with zero attached hydrogens (tertiary/aromatic N) is 2. The molecule has 1 aromatic carbocycles. The number of pyridine rings is 1. The second kappa shape index (κ2) is 7.44. The Labute approximate surface area is 188 Å². The Balaban J connectivity index is 1.25. The molecule has 164 valence electrons. The summed E-state index contributed by atoms with van der Waals surface area (Å²) in [5, 5.41) is 2.58. The molecule has 0 saturated heterocycles. The zero-order valence-electron chi connectivity index (χ0n) is 19.6. The predicted molar refractivity (Wildman–Crippen MR) is 130 cm³/mol. The Hall–Kier alpha value is -1.67. The van der Waals surface area contributed by atoms with Gasteiger partial charge in [0.2, 0.25) is 0 Å². The Morgan fingerprint density at radius 3 is 2.68 bits per heavy atom. The van der Waals surface area contributed by atoms with Gasteiger partial charge in [-0.1, -0.05) is 25.1 Å². The zero-order valence-corrected chi connectivity index (χ0v) is 19.6. The van der Waals surface area contributed by atoms with Gasteiger partial charge in [-0.05, 0) is 129 Å². The lowest BCUT2D eigenvalue weighted by atomic mass is 9.49. The van der Waals surface area contributed by atoms with Crippen molar-refractivity contribution in [2.75, 3.05) is 14.1 Å². The van der Waals surface area contributed by atoms with Crippen LogP contribution in [-0.4, -0.2) is 30.0 Å². The Kier molecular flexibility index (Phi) is 4.79. The topological polar surface area (TPSA) is 16.1 Å². The van der Waals surface area contributed by atoms with Crippen molar-refractivity contribution in [1.82, 2.24) is 9.88 Å². The van der Waals surface area contributed by atoms with E-state index in [2.05, 4.69) is 61.2 Å². The van der Waals surface area contributed by atoms with Gasteiger partial charge in [0.1, 0.15) is 0 Å². The molecule has 3 unspecified atom stereocenters. The van der Waals surface area contributed by atoms with Crippen molar-refractivity contribution in [3.63, 3.8) is 0 Å². The molecule has 2 heteroatoms. The van der Waals surface area contributed by atoms with E-state index in [1.165, 1.54) is 67.7 Å². The molecule has 6 rings (SSSR count). The van der Waals surface area contributed by atoms with Crippen molar-refractivity contribution >= 4 is 16.3 Å². The van der Waals surface area contributed by atoms with Gasteiger partial charge >= 0.3 is 0 Å². The summed E-state index contributed by atoms with van der Waals surface area (Å²) < 4.78 is 0. The van der Waals surface area contributed by atoms with Crippen molar-refractivity contribution in [2.24, 2.45) is 35.0 Å². The zero-order chi connectivity index (χ0) is 21.2. The van der Waals surface area contributed by atoms with Crippen LogP contribution >= 0.6 is 0 Å². The second-order valence-corrected chi connectivity index (χ2v) is 11.6. The molecular weight excluding hydrogens is 376 g/mol. The molecule has 0 aliphatic heterocycles. The van der Waals surface area contributed by atoms with Crippen LogP contribution in [0.25, 0.3) is 16.3 Å². The molecule has 0 bridgehead atoms. The maximum atomic E-state index is 4.37. The van der Waals surface area contributed by atoms with Gasteiger partial charge in [-0.3, -0.25) is 4.98 Å². The lowest BCUT2D eigenvalue weighted by molar-refractivity contribution is -0.0482. The predicted octanol–water partition coefficient (Wildman–Crippen LogP) is 6.81. The van der Waals surface area contributed by atoms with Crippen LogP contribution in [-0.2, 0) is 0 Å². The highest BCUT2D eigenvalue weighted by atomic mass is 15.1. The number of aromatic nitrogens is 1. The first-order chi connectivity index (χ1) is 15.0. The van der Waals surface area contributed by atoms with Crippen LogP contribution in [0.1, 0.15) is 63.9 Å². The molecule has 4 aliphatic carbocycles. The van der Waals surface area contributed by atoms with E-state index in [0.717, 1.165) is 35.6 Å². The first kappa shape index (κ1) is 20.0. The Bertz CT molecular complexity index is 1010. The van der Waals surface area contributed by atoms with Crippen LogP contribution in [0.15, 0.2) is 42.7 Å². The summed E-state index contributed by atoms with van der Waals surface area (Å²) in [6, 6.07) is 10.0. The third-order valence-electron chi connectivity index (χ3n) is 10.2. The minimum Gasteiger partial charge on any atom is -0.306 e. The van der Waals surface area contributed by atoms with Crippen LogP contribution < -0.4 is 0 Å². The fraction of sp³-hybridized carbons (Fsp3) is 0.621. The number of allylic oxidation sites excluding steroid dienone is 2. The highest BCUT2D eigenvalue weighted by Gasteiger charge is 2.54. The van der Waals surface area contributed by atoms with Crippen LogP contribution in [0.4, 0.5) is 0 Å². The lowest BCUT2D eigenvalue weighted by Gasteiger charge is -2.56. The molecule has 31 heavy (non-hydrogen) atoms. The summed E-state index contributed by atoms with van der Waals surface area (Å²) in [5.41, 5.74) is 3.45. The minimum atomic E-state index is 0.366. The quantitative estimate of drug-likeness (QED) is 0.536. The van der Waals surface area contributed by atoms with Crippen molar-refractivity contribution < 1.29 is 0 Å². The average molecular weight is 415 g/mol. The van der Waals surface area contributed by atoms with E-state index in [1.54, 1.807) is 5.57 Å². The second-order valence-electron chi connectivity index (χ2n) is 11.6. The fourth-order valence-corrected chi connectivity index (χ4v) is 8.56. The normalized spacial score (nSPS) is 39.7. The maximum Gasteiger partial charge on any atom is 0.0346 e. The maximum absolute atomic E-state index is 4.37. The minimum absolute atomic E-state index is 0.366. The highest BCUT2D eigenvalue weighted by Crippen LogP contribution is 2.64. The Morgan fingerprint density at radius 2 is 1.81 bits per heavy atom. The highest BCUT2D eigenvalue weighted by molar-refractivity contribution is 5.86. The van der Waals surface area contributed by atoms with E-state index in [-0.39, 0.29) is 0 Å². The van der Waals surface area contributed by atoms with Crippen LogP contribution in [0.2, 0.25) is 0 Å². The molecular formula is C29H38N2. The molecule has 4 aliphatic rings. The number of fused-ring (bicyclic) bond motifs is 6. The molecule has 3 fully saturated rings. The number of hydrogen-bond donors (Lipinski definition) is 0. The van der Waals surface area contributed by atoms with Gasteiger partial charge in [0.15, 0.2) is 0 Å². The van der Waals surface area contributed by atoms with Gasteiger partial charge in [-0.15, -0.1) is 0 Å². The van der Waals surface area contributed by atoms with Crippen LogP contribution in [0.3, 0.4) is 0 Å². The average Bonchev–Trinajstić information content (AvgIpc) is 3.15. The number of hydrogen-bond acceptors (Lipinski definition) is 2. The summed E-state index contributed by atoms with van der Waals surface area (Å²) >= 11 is 0. The van der Waals surface area contributed by atoms with E-state index in [4.69, 9.17) is 0 Å². The smallest absolute Gasteiger partial charge is 0.0346 e. The van der Waals surface area contributed by atoms with Gasteiger partial charge in [0.05, 0.1) is 0 Å². The molecule has 1 heterocycles. The summed E-state index contributed by atoms with van der Waals surface area (Å²) in [5.74, 6) is 4.81. The van der Waals surface area contributed by atoms with E-state index < -0.39 is 0 Å². The van der Waals surface area contributed by atoms with Gasteiger partial charge in [0.25, 0.3) is 0 Å². The largest absolute Gasteiger partial charge is 0.306 e. The van der Waals surface area contributed by atoms with Gasteiger partial charge < -0.3 is 4.90 Å². The van der Waals surface area contributed by atoms with Gasteiger partial charge in [0, 0.05) is 23.8 Å². The van der Waals surface area contributed by atoms with Crippen molar-refractivity contribution in [2.45, 2.75) is 64.3 Å². The molecule has 2 aromatic rings. The van der Waals surface area contributed by atoms with Crippen molar-refractivity contribution in [3.05, 3.63) is 48.3 Å². The molecule has 7 atom stereocenters. The lowest BCUT2D eigenvalue weighted by Crippen LogP contribution is -2.49. The summed E-state index contributed by atoms with van der Waals surface area (Å²) in [4.78, 5) is 6.86. The monoisotopic (exact) mass is 414 g/mol. The fourth-order valence-electron chi connectivity index (χ4n) is 8.56. The molecule has 2 nitrogen and oxygen atoms in total. The molecule has 3 saturated carbocycles. The molecule has 0 amide bonds. The number of benzene rings is 1. The molecule has 0 N–H and O–H groups in total. The standard InChI is InChI=1S/C29H38N2/c1-29-14-12-25-24-9-7-23(31(2)3)17-20(24)6-8-26(25)28(29)11-10-27(29)21-5-4-19-13-15-30-18-22(19)16-21/h4-5,10,13,15-16,18,20,23-26,28H,6-9,11-12,14,17H2,1-3H3/t20-,23+,24?,25+,26?,28-,29?/m0/s1. The molecule has 0 spiro atoms. The SMILES string of the molecule is CN(C)[C@@H]1CCC2[C@@H](CCC3[C@@H]2CCC2(C)C(c4ccc5ccncc5c4)=CC[C@@H]32)C1. The number of rotatable bonds is 2. The summed E-state index contributed by atoms with van der Waals surface area (Å²) in [6.07, 6.45) is 18.0.